The third kappa shape index (κ3) is 5.54. The minimum Gasteiger partial charge on any atom is -0.378 e. The Morgan fingerprint density at radius 1 is 1.00 bits per heavy atom. The van der Waals surface area contributed by atoms with E-state index in [1.807, 2.05) is 73.6 Å². The molecule has 6 nitrogen and oxygen atoms in total. The fourth-order valence-corrected chi connectivity index (χ4v) is 2.80. The minimum absolute atomic E-state index is 0.263. The van der Waals surface area contributed by atoms with Crippen LogP contribution in [0.5, 0.6) is 0 Å². The highest BCUT2D eigenvalue weighted by atomic mass is 16.1. The highest BCUT2D eigenvalue weighted by molar-refractivity contribution is 6.03. The van der Waals surface area contributed by atoms with Crippen LogP contribution in [0.4, 0.5) is 17.2 Å². The van der Waals surface area contributed by atoms with Gasteiger partial charge >= 0.3 is 0 Å². The molecule has 2 aromatic carbocycles. The lowest BCUT2D eigenvalue weighted by Gasteiger charge is -2.13. The van der Waals surface area contributed by atoms with E-state index in [1.54, 1.807) is 6.07 Å². The number of amides is 1. The van der Waals surface area contributed by atoms with E-state index < -0.39 is 0 Å². The smallest absolute Gasteiger partial charge is 0.274 e. The molecule has 150 valence electrons. The zero-order valence-electron chi connectivity index (χ0n) is 17.1. The Bertz CT molecular complexity index is 939. The van der Waals surface area contributed by atoms with E-state index in [2.05, 4.69) is 27.5 Å². The van der Waals surface area contributed by atoms with Crippen LogP contribution in [0, 0.1) is 0 Å². The zero-order valence-corrected chi connectivity index (χ0v) is 17.1. The first kappa shape index (κ1) is 20.3. The van der Waals surface area contributed by atoms with Gasteiger partial charge in [-0.15, -0.1) is 0 Å². The van der Waals surface area contributed by atoms with Crippen molar-refractivity contribution in [3.63, 3.8) is 0 Å². The molecule has 0 bridgehead atoms. The number of aromatic nitrogens is 2. The SMILES string of the molecule is CCCCNc1cc(C(=O)Nc2ccc(N(C)C)cc2)nc(-c2ccccc2)n1. The average molecular weight is 390 g/mol. The Balaban J connectivity index is 1.85. The van der Waals surface area contributed by atoms with Gasteiger partial charge in [0.1, 0.15) is 11.5 Å². The molecular formula is C23H27N5O. The summed E-state index contributed by atoms with van der Waals surface area (Å²) in [4.78, 5) is 24.0. The molecule has 6 heteroatoms. The van der Waals surface area contributed by atoms with Crippen molar-refractivity contribution >= 4 is 23.1 Å². The molecule has 0 aliphatic carbocycles. The number of unbranched alkanes of at least 4 members (excludes halogenated alkanes) is 1. The van der Waals surface area contributed by atoms with Gasteiger partial charge in [-0.25, -0.2) is 9.97 Å². The van der Waals surface area contributed by atoms with Crippen molar-refractivity contribution < 1.29 is 4.79 Å². The van der Waals surface area contributed by atoms with Crippen molar-refractivity contribution in [1.82, 2.24) is 9.97 Å². The van der Waals surface area contributed by atoms with Gasteiger partial charge in [-0.3, -0.25) is 4.79 Å². The average Bonchev–Trinajstić information content (AvgIpc) is 2.75. The number of carbonyl (C=O) groups excluding carboxylic acids is 1. The summed E-state index contributed by atoms with van der Waals surface area (Å²) in [5.41, 5.74) is 2.99. The Labute approximate surface area is 172 Å². The molecule has 3 rings (SSSR count). The highest BCUT2D eigenvalue weighted by Gasteiger charge is 2.13. The predicted molar refractivity (Wildman–Crippen MR) is 120 cm³/mol. The molecule has 1 heterocycles. The van der Waals surface area contributed by atoms with Gasteiger partial charge in [-0.1, -0.05) is 43.7 Å². The lowest BCUT2D eigenvalue weighted by Crippen LogP contribution is -2.16. The van der Waals surface area contributed by atoms with Gasteiger partial charge in [-0.05, 0) is 30.7 Å². The molecule has 2 N–H and O–H groups in total. The second kappa shape index (κ2) is 9.68. The Morgan fingerprint density at radius 3 is 2.38 bits per heavy atom. The van der Waals surface area contributed by atoms with Gasteiger partial charge in [0.2, 0.25) is 0 Å². The molecular weight excluding hydrogens is 362 g/mol. The van der Waals surface area contributed by atoms with Crippen LogP contribution in [-0.4, -0.2) is 36.5 Å². The summed E-state index contributed by atoms with van der Waals surface area (Å²) in [7, 11) is 3.96. The predicted octanol–water partition coefficient (Wildman–Crippen LogP) is 4.67. The van der Waals surface area contributed by atoms with Crippen LogP contribution in [0.1, 0.15) is 30.3 Å². The molecule has 0 radical (unpaired) electrons. The van der Waals surface area contributed by atoms with Gasteiger partial charge in [0.25, 0.3) is 5.91 Å². The van der Waals surface area contributed by atoms with Gasteiger partial charge in [0, 0.05) is 43.6 Å². The fourth-order valence-electron chi connectivity index (χ4n) is 2.80. The summed E-state index contributed by atoms with van der Waals surface area (Å²) in [5.74, 6) is 0.918. The van der Waals surface area contributed by atoms with Crippen molar-refractivity contribution in [3.05, 3.63) is 66.4 Å². The molecule has 0 saturated heterocycles. The maximum atomic E-state index is 12.9. The quantitative estimate of drug-likeness (QED) is 0.548. The second-order valence-corrected chi connectivity index (χ2v) is 7.00. The first-order valence-electron chi connectivity index (χ1n) is 9.84. The first-order valence-corrected chi connectivity index (χ1v) is 9.84. The van der Waals surface area contributed by atoms with E-state index in [4.69, 9.17) is 0 Å². The molecule has 0 atom stereocenters. The minimum atomic E-state index is -0.263. The number of hydrogen-bond donors (Lipinski definition) is 2. The molecule has 0 unspecified atom stereocenters. The summed E-state index contributed by atoms with van der Waals surface area (Å²) in [6.45, 7) is 2.94. The third-order valence-electron chi connectivity index (χ3n) is 4.47. The zero-order chi connectivity index (χ0) is 20.6. The number of benzene rings is 2. The monoisotopic (exact) mass is 389 g/mol. The molecule has 0 spiro atoms. The van der Waals surface area contributed by atoms with Crippen molar-refractivity contribution in [1.29, 1.82) is 0 Å². The van der Waals surface area contributed by atoms with Crippen molar-refractivity contribution in [2.45, 2.75) is 19.8 Å². The Hall–Kier alpha value is -3.41. The van der Waals surface area contributed by atoms with E-state index in [-0.39, 0.29) is 5.91 Å². The summed E-state index contributed by atoms with van der Waals surface area (Å²) in [6.07, 6.45) is 2.12. The van der Waals surface area contributed by atoms with E-state index in [1.165, 1.54) is 0 Å². The normalized spacial score (nSPS) is 10.4. The van der Waals surface area contributed by atoms with Gasteiger partial charge in [0.15, 0.2) is 5.82 Å². The van der Waals surface area contributed by atoms with Crippen LogP contribution in [0.25, 0.3) is 11.4 Å². The molecule has 0 aliphatic heterocycles. The maximum absolute atomic E-state index is 12.9. The molecule has 1 amide bonds. The second-order valence-electron chi connectivity index (χ2n) is 7.00. The number of carbonyl (C=O) groups is 1. The van der Waals surface area contributed by atoms with Gasteiger partial charge < -0.3 is 15.5 Å². The van der Waals surface area contributed by atoms with Crippen molar-refractivity contribution in [2.75, 3.05) is 36.2 Å². The lowest BCUT2D eigenvalue weighted by atomic mass is 10.2. The van der Waals surface area contributed by atoms with Crippen molar-refractivity contribution in [2.24, 2.45) is 0 Å². The number of nitrogens with one attached hydrogen (secondary N) is 2. The number of rotatable bonds is 8. The third-order valence-corrected chi connectivity index (χ3v) is 4.47. The number of nitrogens with zero attached hydrogens (tertiary/aromatic N) is 3. The summed E-state index contributed by atoms with van der Waals surface area (Å²) >= 11 is 0. The van der Waals surface area contributed by atoms with E-state index in [0.29, 0.717) is 17.3 Å². The van der Waals surface area contributed by atoms with Crippen LogP contribution in [0.15, 0.2) is 60.7 Å². The van der Waals surface area contributed by atoms with Crippen LogP contribution in [0.2, 0.25) is 0 Å². The Morgan fingerprint density at radius 2 is 1.72 bits per heavy atom. The van der Waals surface area contributed by atoms with Gasteiger partial charge in [0.05, 0.1) is 0 Å². The van der Waals surface area contributed by atoms with Crippen LogP contribution in [0.3, 0.4) is 0 Å². The Kier molecular flexibility index (Phi) is 6.79. The largest absolute Gasteiger partial charge is 0.378 e. The fraction of sp³-hybridized carbons (Fsp3) is 0.261. The van der Waals surface area contributed by atoms with Crippen LogP contribution >= 0.6 is 0 Å². The van der Waals surface area contributed by atoms with E-state index >= 15 is 0 Å². The van der Waals surface area contributed by atoms with Crippen molar-refractivity contribution in [3.8, 4) is 11.4 Å². The van der Waals surface area contributed by atoms with E-state index in [9.17, 15) is 4.79 Å². The first-order chi connectivity index (χ1) is 14.1. The molecule has 29 heavy (non-hydrogen) atoms. The topological polar surface area (TPSA) is 70.2 Å². The summed E-state index contributed by atoms with van der Waals surface area (Å²) in [5, 5.41) is 6.22. The molecule has 3 aromatic rings. The maximum Gasteiger partial charge on any atom is 0.274 e. The molecule has 0 aliphatic rings. The van der Waals surface area contributed by atoms with Crippen LogP contribution < -0.4 is 15.5 Å². The molecule has 0 fully saturated rings. The lowest BCUT2D eigenvalue weighted by molar-refractivity contribution is 0.102. The van der Waals surface area contributed by atoms with Crippen LogP contribution in [-0.2, 0) is 0 Å². The summed E-state index contributed by atoms with van der Waals surface area (Å²) < 4.78 is 0. The molecule has 0 saturated carbocycles. The summed E-state index contributed by atoms with van der Waals surface area (Å²) in [6, 6.07) is 19.1. The molecule has 1 aromatic heterocycles. The highest BCUT2D eigenvalue weighted by Crippen LogP contribution is 2.20. The standard InChI is InChI=1S/C23H27N5O/c1-4-5-15-24-21-16-20(26-22(27-21)17-9-7-6-8-10-17)23(29)25-18-11-13-19(14-12-18)28(2)3/h6-14,16H,4-5,15H2,1-3H3,(H,25,29)(H,24,26,27). The van der Waals surface area contributed by atoms with E-state index in [0.717, 1.165) is 36.3 Å². The van der Waals surface area contributed by atoms with Gasteiger partial charge in [-0.2, -0.15) is 0 Å². The number of hydrogen-bond acceptors (Lipinski definition) is 5. The number of anilines is 3.